The van der Waals surface area contributed by atoms with Crippen LogP contribution >= 0.6 is 0 Å². The van der Waals surface area contributed by atoms with Crippen LogP contribution in [-0.4, -0.2) is 32.9 Å². The highest BCUT2D eigenvalue weighted by molar-refractivity contribution is 7.89. The Kier molecular flexibility index (Phi) is 7.35. The second-order valence-corrected chi connectivity index (χ2v) is 7.81. The molecule has 0 aliphatic rings. The molecule has 0 atom stereocenters. The summed E-state index contributed by atoms with van der Waals surface area (Å²) in [4.78, 5) is 0.417. The lowest BCUT2D eigenvalue weighted by Gasteiger charge is -2.20. The Hall–Kier alpha value is -0.910. The molecule has 1 N–H and O–H groups in total. The molecule has 0 heterocycles. The molecule has 0 saturated carbocycles. The van der Waals surface area contributed by atoms with Gasteiger partial charge in [-0.05, 0) is 36.9 Å². The molecule has 120 valence electrons. The Bertz CT molecular complexity index is 527. The minimum atomic E-state index is -3.41. The van der Waals surface area contributed by atoms with Gasteiger partial charge in [0.05, 0.1) is 4.90 Å². The lowest BCUT2D eigenvalue weighted by molar-refractivity contribution is 0.427. The van der Waals surface area contributed by atoms with E-state index in [0.717, 1.165) is 24.9 Å². The summed E-state index contributed by atoms with van der Waals surface area (Å²) in [5.74, 6) is 0.490. The number of nitrogens with zero attached hydrogens (tertiary/aromatic N) is 1. The van der Waals surface area contributed by atoms with Gasteiger partial charge in [-0.2, -0.15) is 0 Å². The molecule has 0 unspecified atom stereocenters. The van der Waals surface area contributed by atoms with E-state index < -0.39 is 10.0 Å². The molecule has 0 fully saturated rings. The van der Waals surface area contributed by atoms with Crippen molar-refractivity contribution in [2.75, 3.05) is 20.1 Å². The first-order valence-electron chi connectivity index (χ1n) is 7.64. The van der Waals surface area contributed by atoms with Crippen molar-refractivity contribution < 1.29 is 8.42 Å². The zero-order chi connectivity index (χ0) is 15.9. The van der Waals surface area contributed by atoms with Crippen molar-refractivity contribution in [3.63, 3.8) is 0 Å². The maximum absolute atomic E-state index is 12.7. The van der Waals surface area contributed by atoms with E-state index in [9.17, 15) is 8.42 Å². The Morgan fingerprint density at radius 2 is 1.90 bits per heavy atom. The molecule has 1 rings (SSSR count). The molecule has 1 aromatic carbocycles. The van der Waals surface area contributed by atoms with Crippen LogP contribution in [-0.2, 0) is 16.6 Å². The summed E-state index contributed by atoms with van der Waals surface area (Å²) in [6.45, 7) is 8.32. The molecule has 0 aliphatic carbocycles. The predicted molar refractivity (Wildman–Crippen MR) is 87.7 cm³/mol. The van der Waals surface area contributed by atoms with Crippen LogP contribution < -0.4 is 5.32 Å². The molecule has 0 saturated heterocycles. The Labute approximate surface area is 129 Å². The van der Waals surface area contributed by atoms with E-state index in [-0.39, 0.29) is 0 Å². The third kappa shape index (κ3) is 5.41. The second-order valence-electron chi connectivity index (χ2n) is 5.79. The SMILES string of the molecule is CCCNCc1ccccc1S(=O)(=O)N(C)CCC(C)C. The van der Waals surface area contributed by atoms with Crippen LogP contribution in [0.4, 0.5) is 0 Å². The van der Waals surface area contributed by atoms with Crippen LogP contribution in [0.3, 0.4) is 0 Å². The quantitative estimate of drug-likeness (QED) is 0.713. The predicted octanol–water partition coefficient (Wildman–Crippen LogP) is 2.85. The summed E-state index contributed by atoms with van der Waals surface area (Å²) in [6.07, 6.45) is 1.90. The minimum Gasteiger partial charge on any atom is -0.313 e. The molecule has 0 amide bonds. The van der Waals surface area contributed by atoms with E-state index in [1.165, 1.54) is 4.31 Å². The van der Waals surface area contributed by atoms with E-state index in [1.54, 1.807) is 19.2 Å². The molecule has 5 heteroatoms. The van der Waals surface area contributed by atoms with Gasteiger partial charge in [-0.25, -0.2) is 12.7 Å². The number of hydrogen-bond acceptors (Lipinski definition) is 3. The van der Waals surface area contributed by atoms with Crippen molar-refractivity contribution in [1.29, 1.82) is 0 Å². The van der Waals surface area contributed by atoms with Gasteiger partial charge in [-0.3, -0.25) is 0 Å². The molecule has 0 aliphatic heterocycles. The lowest BCUT2D eigenvalue weighted by atomic mass is 10.1. The van der Waals surface area contributed by atoms with Crippen molar-refractivity contribution >= 4 is 10.0 Å². The van der Waals surface area contributed by atoms with Gasteiger partial charge in [0.2, 0.25) is 10.0 Å². The van der Waals surface area contributed by atoms with Crippen LogP contribution in [0.5, 0.6) is 0 Å². The monoisotopic (exact) mass is 312 g/mol. The summed E-state index contributed by atoms with van der Waals surface area (Å²) < 4.78 is 26.9. The molecule has 0 spiro atoms. The zero-order valence-corrected chi connectivity index (χ0v) is 14.4. The number of hydrogen-bond donors (Lipinski definition) is 1. The molecule has 1 aromatic rings. The van der Waals surface area contributed by atoms with E-state index in [1.807, 2.05) is 12.1 Å². The number of rotatable bonds is 9. The topological polar surface area (TPSA) is 49.4 Å². The average Bonchev–Trinajstić information content (AvgIpc) is 2.45. The average molecular weight is 312 g/mol. The summed E-state index contributed by atoms with van der Waals surface area (Å²) in [5.41, 5.74) is 0.836. The number of benzene rings is 1. The van der Waals surface area contributed by atoms with Gasteiger partial charge >= 0.3 is 0 Å². The second kappa shape index (κ2) is 8.51. The van der Waals surface area contributed by atoms with Crippen LogP contribution in [0.25, 0.3) is 0 Å². The lowest BCUT2D eigenvalue weighted by Crippen LogP contribution is -2.30. The first-order chi connectivity index (χ1) is 9.89. The van der Waals surface area contributed by atoms with Crippen molar-refractivity contribution in [2.45, 2.75) is 45.1 Å². The zero-order valence-electron chi connectivity index (χ0n) is 13.6. The highest BCUT2D eigenvalue weighted by Crippen LogP contribution is 2.20. The van der Waals surface area contributed by atoms with Gasteiger partial charge in [0, 0.05) is 20.1 Å². The van der Waals surface area contributed by atoms with Crippen LogP contribution in [0.1, 0.15) is 39.2 Å². The standard InChI is InChI=1S/C16H28N2O2S/c1-5-11-17-13-15-8-6-7-9-16(15)21(19,20)18(4)12-10-14(2)3/h6-9,14,17H,5,10-13H2,1-4H3. The fraction of sp³-hybridized carbons (Fsp3) is 0.625. The first kappa shape index (κ1) is 18.1. The maximum atomic E-state index is 12.7. The summed E-state index contributed by atoms with van der Waals surface area (Å²) in [5, 5.41) is 3.27. The van der Waals surface area contributed by atoms with E-state index >= 15 is 0 Å². The van der Waals surface area contributed by atoms with Crippen molar-refractivity contribution in [2.24, 2.45) is 5.92 Å². The molecular formula is C16H28N2O2S. The Balaban J connectivity index is 2.91. The summed E-state index contributed by atoms with van der Waals surface area (Å²) >= 11 is 0. The minimum absolute atomic E-state index is 0.417. The fourth-order valence-electron chi connectivity index (χ4n) is 2.03. The van der Waals surface area contributed by atoms with Crippen LogP contribution in [0.15, 0.2) is 29.2 Å². The summed E-state index contributed by atoms with van der Waals surface area (Å²) in [6, 6.07) is 7.25. The molecular weight excluding hydrogens is 284 g/mol. The van der Waals surface area contributed by atoms with Crippen molar-refractivity contribution in [3.8, 4) is 0 Å². The van der Waals surface area contributed by atoms with Gasteiger partial charge < -0.3 is 5.32 Å². The van der Waals surface area contributed by atoms with E-state index in [0.29, 0.717) is 23.9 Å². The van der Waals surface area contributed by atoms with Gasteiger partial charge in [-0.15, -0.1) is 0 Å². The number of sulfonamides is 1. The molecule has 4 nitrogen and oxygen atoms in total. The highest BCUT2D eigenvalue weighted by atomic mass is 32.2. The van der Waals surface area contributed by atoms with Gasteiger partial charge in [0.25, 0.3) is 0 Å². The van der Waals surface area contributed by atoms with Gasteiger partial charge in [-0.1, -0.05) is 39.0 Å². The largest absolute Gasteiger partial charge is 0.313 e. The smallest absolute Gasteiger partial charge is 0.243 e. The number of nitrogens with one attached hydrogen (secondary N) is 1. The fourth-order valence-corrected chi connectivity index (χ4v) is 3.43. The van der Waals surface area contributed by atoms with Gasteiger partial charge in [0.15, 0.2) is 0 Å². The maximum Gasteiger partial charge on any atom is 0.243 e. The molecule has 0 radical (unpaired) electrons. The molecule has 0 aromatic heterocycles. The third-order valence-corrected chi connectivity index (χ3v) is 5.38. The normalized spacial score (nSPS) is 12.3. The molecule has 21 heavy (non-hydrogen) atoms. The van der Waals surface area contributed by atoms with E-state index in [2.05, 4.69) is 26.1 Å². The van der Waals surface area contributed by atoms with E-state index in [4.69, 9.17) is 0 Å². The van der Waals surface area contributed by atoms with Crippen molar-refractivity contribution in [1.82, 2.24) is 9.62 Å². The van der Waals surface area contributed by atoms with Gasteiger partial charge in [0.1, 0.15) is 0 Å². The first-order valence-corrected chi connectivity index (χ1v) is 9.08. The summed E-state index contributed by atoms with van der Waals surface area (Å²) in [7, 11) is -1.75. The van der Waals surface area contributed by atoms with Crippen LogP contribution in [0.2, 0.25) is 0 Å². The Morgan fingerprint density at radius 1 is 1.24 bits per heavy atom. The Morgan fingerprint density at radius 3 is 2.52 bits per heavy atom. The third-order valence-electron chi connectivity index (χ3n) is 3.42. The highest BCUT2D eigenvalue weighted by Gasteiger charge is 2.23. The van der Waals surface area contributed by atoms with Crippen LogP contribution in [0, 0.1) is 5.92 Å². The van der Waals surface area contributed by atoms with Crippen molar-refractivity contribution in [3.05, 3.63) is 29.8 Å². The molecule has 0 bridgehead atoms.